The quantitative estimate of drug-likeness (QED) is 0.554. The van der Waals surface area contributed by atoms with Gasteiger partial charge in [0, 0.05) is 29.3 Å². The molecule has 1 aliphatic rings. The van der Waals surface area contributed by atoms with Gasteiger partial charge in [-0.3, -0.25) is 9.59 Å². The SMILES string of the molecule is Cc1ccc(-c2csc(NC(=O)C3CCN(C(=O)CCOc4ccccc4)CC3)n2)s1. The first kappa shape index (κ1) is 21.5. The molecular formula is C23H25N3O3S2. The number of hydrogen-bond donors (Lipinski definition) is 1. The lowest BCUT2D eigenvalue weighted by atomic mass is 9.96. The van der Waals surface area contributed by atoms with E-state index in [9.17, 15) is 9.59 Å². The maximum Gasteiger partial charge on any atom is 0.229 e. The van der Waals surface area contributed by atoms with Crippen LogP contribution in [0.25, 0.3) is 10.6 Å². The molecule has 3 heterocycles. The first-order valence-corrected chi connectivity index (χ1v) is 12.1. The number of thiazole rings is 1. The average molecular weight is 456 g/mol. The first-order valence-electron chi connectivity index (χ1n) is 10.4. The number of nitrogens with zero attached hydrogens (tertiary/aromatic N) is 2. The standard InChI is InChI=1S/C23H25N3O3S2/c1-16-7-8-20(31-16)19-15-30-23(24-19)25-22(28)17-9-12-26(13-10-17)21(27)11-14-29-18-5-3-2-4-6-18/h2-8,15,17H,9-14H2,1H3,(H,24,25,28). The lowest BCUT2D eigenvalue weighted by molar-refractivity contribution is -0.135. The number of nitrogens with one attached hydrogen (secondary N) is 1. The topological polar surface area (TPSA) is 71.5 Å². The number of aromatic nitrogens is 1. The number of carbonyl (C=O) groups excluding carboxylic acids is 2. The van der Waals surface area contributed by atoms with Gasteiger partial charge in [0.2, 0.25) is 11.8 Å². The van der Waals surface area contributed by atoms with Crippen molar-refractivity contribution in [3.63, 3.8) is 0 Å². The van der Waals surface area contributed by atoms with Gasteiger partial charge in [0.25, 0.3) is 0 Å². The molecule has 4 rings (SSSR count). The lowest BCUT2D eigenvalue weighted by Gasteiger charge is -2.31. The monoisotopic (exact) mass is 455 g/mol. The average Bonchev–Trinajstić information content (AvgIpc) is 3.43. The second-order valence-electron chi connectivity index (χ2n) is 7.50. The molecule has 1 saturated heterocycles. The number of carbonyl (C=O) groups is 2. The van der Waals surface area contributed by atoms with Crippen LogP contribution >= 0.6 is 22.7 Å². The molecule has 31 heavy (non-hydrogen) atoms. The third kappa shape index (κ3) is 5.71. The molecule has 1 aromatic carbocycles. The Morgan fingerprint density at radius 2 is 1.94 bits per heavy atom. The first-order chi connectivity index (χ1) is 15.1. The van der Waals surface area contributed by atoms with Crippen LogP contribution in [0.15, 0.2) is 47.8 Å². The Morgan fingerprint density at radius 1 is 1.16 bits per heavy atom. The largest absolute Gasteiger partial charge is 0.493 e. The molecule has 0 bridgehead atoms. The van der Waals surface area contributed by atoms with Crippen LogP contribution in [-0.4, -0.2) is 41.4 Å². The van der Waals surface area contributed by atoms with Crippen LogP contribution in [0.1, 0.15) is 24.1 Å². The number of benzene rings is 1. The normalized spacial score (nSPS) is 14.4. The molecule has 0 aliphatic carbocycles. The van der Waals surface area contributed by atoms with Gasteiger partial charge in [-0.15, -0.1) is 22.7 Å². The predicted molar refractivity (Wildman–Crippen MR) is 125 cm³/mol. The summed E-state index contributed by atoms with van der Waals surface area (Å²) >= 11 is 3.14. The number of hydrogen-bond acceptors (Lipinski definition) is 6. The molecule has 0 unspecified atom stereocenters. The fourth-order valence-electron chi connectivity index (χ4n) is 3.55. The maximum atomic E-state index is 12.7. The van der Waals surface area contributed by atoms with E-state index >= 15 is 0 Å². The van der Waals surface area contributed by atoms with Crippen molar-refractivity contribution >= 4 is 39.6 Å². The summed E-state index contributed by atoms with van der Waals surface area (Å²) in [4.78, 5) is 33.8. The number of piperidine rings is 1. The Morgan fingerprint density at radius 3 is 2.65 bits per heavy atom. The minimum Gasteiger partial charge on any atom is -0.493 e. The van der Waals surface area contributed by atoms with Crippen molar-refractivity contribution in [1.29, 1.82) is 0 Å². The van der Waals surface area contributed by atoms with Gasteiger partial charge in [0.05, 0.1) is 23.6 Å². The fraction of sp³-hybridized carbons (Fsp3) is 0.348. The highest BCUT2D eigenvalue weighted by Gasteiger charge is 2.27. The van der Waals surface area contributed by atoms with Gasteiger partial charge in [-0.1, -0.05) is 18.2 Å². The van der Waals surface area contributed by atoms with Crippen molar-refractivity contribution in [3.05, 3.63) is 52.7 Å². The van der Waals surface area contributed by atoms with E-state index in [1.165, 1.54) is 16.2 Å². The summed E-state index contributed by atoms with van der Waals surface area (Å²) in [7, 11) is 0. The maximum absolute atomic E-state index is 12.7. The van der Waals surface area contributed by atoms with E-state index in [1.807, 2.05) is 40.6 Å². The molecule has 3 aromatic rings. The Bertz CT molecular complexity index is 1020. The molecule has 1 aliphatic heterocycles. The highest BCUT2D eigenvalue weighted by Crippen LogP contribution is 2.31. The molecule has 0 saturated carbocycles. The Kier molecular flexibility index (Phi) is 6.99. The van der Waals surface area contributed by atoms with Crippen molar-refractivity contribution in [3.8, 4) is 16.3 Å². The van der Waals surface area contributed by atoms with E-state index in [-0.39, 0.29) is 17.7 Å². The molecule has 0 spiro atoms. The van der Waals surface area contributed by atoms with Crippen LogP contribution in [0.4, 0.5) is 5.13 Å². The molecule has 8 heteroatoms. The second-order valence-corrected chi connectivity index (χ2v) is 9.65. The summed E-state index contributed by atoms with van der Waals surface area (Å²) in [5.41, 5.74) is 0.900. The third-order valence-electron chi connectivity index (χ3n) is 5.27. The van der Waals surface area contributed by atoms with Gasteiger partial charge >= 0.3 is 0 Å². The van der Waals surface area contributed by atoms with Crippen molar-refractivity contribution in [2.75, 3.05) is 25.0 Å². The number of aryl methyl sites for hydroxylation is 1. The lowest BCUT2D eigenvalue weighted by Crippen LogP contribution is -2.41. The van der Waals surface area contributed by atoms with Crippen molar-refractivity contribution in [2.45, 2.75) is 26.2 Å². The zero-order chi connectivity index (χ0) is 21.6. The van der Waals surface area contributed by atoms with Crippen LogP contribution in [0.5, 0.6) is 5.75 Å². The molecule has 0 atom stereocenters. The molecule has 1 N–H and O–H groups in total. The van der Waals surface area contributed by atoms with Crippen LogP contribution in [0, 0.1) is 12.8 Å². The highest BCUT2D eigenvalue weighted by atomic mass is 32.1. The van der Waals surface area contributed by atoms with E-state index < -0.39 is 0 Å². The van der Waals surface area contributed by atoms with E-state index in [0.717, 1.165) is 16.3 Å². The van der Waals surface area contributed by atoms with Gasteiger partial charge in [-0.25, -0.2) is 4.98 Å². The van der Waals surface area contributed by atoms with Crippen molar-refractivity contribution in [1.82, 2.24) is 9.88 Å². The molecule has 2 amide bonds. The third-order valence-corrected chi connectivity index (χ3v) is 7.05. The Hall–Kier alpha value is -2.71. The summed E-state index contributed by atoms with van der Waals surface area (Å²) in [5.74, 6) is 0.736. The summed E-state index contributed by atoms with van der Waals surface area (Å²) in [6, 6.07) is 13.6. The van der Waals surface area contributed by atoms with E-state index in [1.54, 1.807) is 11.3 Å². The highest BCUT2D eigenvalue weighted by molar-refractivity contribution is 7.17. The number of likely N-dealkylation sites (tertiary alicyclic amines) is 1. The number of thiophene rings is 1. The van der Waals surface area contributed by atoms with E-state index in [4.69, 9.17) is 4.74 Å². The molecule has 2 aromatic heterocycles. The van der Waals surface area contributed by atoms with Crippen LogP contribution in [-0.2, 0) is 9.59 Å². The smallest absolute Gasteiger partial charge is 0.229 e. The van der Waals surface area contributed by atoms with E-state index in [2.05, 4.69) is 29.4 Å². The van der Waals surface area contributed by atoms with Crippen LogP contribution in [0.3, 0.4) is 0 Å². The molecule has 162 valence electrons. The van der Waals surface area contributed by atoms with Gasteiger partial charge in [-0.05, 0) is 44.0 Å². The van der Waals surface area contributed by atoms with Gasteiger partial charge in [-0.2, -0.15) is 0 Å². The molecule has 1 fully saturated rings. The zero-order valence-corrected chi connectivity index (χ0v) is 19.0. The Balaban J connectivity index is 1.21. The summed E-state index contributed by atoms with van der Waals surface area (Å²) in [6.45, 7) is 3.62. The number of ether oxygens (including phenoxy) is 1. The number of para-hydroxylation sites is 1. The minimum absolute atomic E-state index is 0.0113. The number of amides is 2. The summed E-state index contributed by atoms with van der Waals surface area (Å²) < 4.78 is 5.61. The number of anilines is 1. The van der Waals surface area contributed by atoms with Crippen molar-refractivity contribution < 1.29 is 14.3 Å². The molecular weight excluding hydrogens is 430 g/mol. The van der Waals surface area contributed by atoms with Gasteiger partial charge in [0.1, 0.15) is 5.75 Å². The molecule has 0 radical (unpaired) electrons. The molecule has 6 nitrogen and oxygen atoms in total. The van der Waals surface area contributed by atoms with E-state index in [0.29, 0.717) is 44.1 Å². The van der Waals surface area contributed by atoms with Crippen LogP contribution in [0.2, 0.25) is 0 Å². The summed E-state index contributed by atoms with van der Waals surface area (Å²) in [6.07, 6.45) is 1.68. The Labute approximate surface area is 189 Å². The predicted octanol–water partition coefficient (Wildman–Crippen LogP) is 4.83. The number of rotatable bonds is 7. The second kappa shape index (κ2) is 10.1. The van der Waals surface area contributed by atoms with Gasteiger partial charge < -0.3 is 15.0 Å². The minimum atomic E-state index is -0.0963. The van der Waals surface area contributed by atoms with Gasteiger partial charge in [0.15, 0.2) is 5.13 Å². The van der Waals surface area contributed by atoms with Crippen LogP contribution < -0.4 is 10.1 Å². The summed E-state index contributed by atoms with van der Waals surface area (Å²) in [5, 5.41) is 5.55. The zero-order valence-electron chi connectivity index (χ0n) is 17.4. The van der Waals surface area contributed by atoms with Crippen molar-refractivity contribution in [2.24, 2.45) is 5.92 Å². The fourth-order valence-corrected chi connectivity index (χ4v) is 5.16.